The van der Waals surface area contributed by atoms with E-state index in [0.717, 1.165) is 55.2 Å². The van der Waals surface area contributed by atoms with E-state index in [9.17, 15) is 0 Å². The molecule has 0 aliphatic carbocycles. The van der Waals surface area contributed by atoms with Gasteiger partial charge in [0.2, 0.25) is 0 Å². The van der Waals surface area contributed by atoms with E-state index in [2.05, 4.69) is 34.3 Å². The predicted octanol–water partition coefficient (Wildman–Crippen LogP) is 2.83. The Balaban J connectivity index is 2.02. The highest BCUT2D eigenvalue weighted by atomic mass is 32.1. The van der Waals surface area contributed by atoms with E-state index in [4.69, 9.17) is 10.00 Å². The van der Waals surface area contributed by atoms with Crippen molar-refractivity contribution in [1.29, 1.82) is 5.26 Å². The van der Waals surface area contributed by atoms with Crippen LogP contribution in [0.1, 0.15) is 18.7 Å². The van der Waals surface area contributed by atoms with Crippen molar-refractivity contribution in [2.24, 2.45) is 5.41 Å². The second kappa shape index (κ2) is 6.08. The summed E-state index contributed by atoms with van der Waals surface area (Å²) in [5.74, 6) is 1.68. The number of ether oxygens (including phenoxy) is 1. The van der Waals surface area contributed by atoms with Crippen LogP contribution in [0, 0.1) is 16.7 Å². The van der Waals surface area contributed by atoms with Gasteiger partial charge in [-0.15, -0.1) is 0 Å². The highest BCUT2D eigenvalue weighted by molar-refractivity contribution is 7.80. The van der Waals surface area contributed by atoms with Crippen molar-refractivity contribution in [3.05, 3.63) is 30.1 Å². The molecule has 5 heteroatoms. The quantitative estimate of drug-likeness (QED) is 0.884. The maximum Gasteiger partial charge on any atom is 0.124 e. The van der Waals surface area contributed by atoms with Crippen molar-refractivity contribution in [3.63, 3.8) is 0 Å². The minimum atomic E-state index is 0.134. The van der Waals surface area contributed by atoms with Crippen LogP contribution in [0.3, 0.4) is 0 Å². The van der Waals surface area contributed by atoms with Gasteiger partial charge in [0.1, 0.15) is 5.82 Å². The third-order valence-corrected chi connectivity index (χ3v) is 5.02. The molecule has 2 heterocycles. The van der Waals surface area contributed by atoms with E-state index in [1.165, 1.54) is 0 Å². The lowest BCUT2D eigenvalue weighted by Crippen LogP contribution is -2.36. The number of para-hydroxylation sites is 2. The second-order valence-electron chi connectivity index (χ2n) is 5.71. The lowest BCUT2D eigenvalue weighted by Gasteiger charge is -2.36. The molecule has 0 saturated carbocycles. The van der Waals surface area contributed by atoms with Gasteiger partial charge < -0.3 is 9.30 Å². The highest BCUT2D eigenvalue weighted by Gasteiger charge is 2.33. The number of rotatable bonds is 4. The number of thiol groups is 1. The standard InChI is InChI=1S/C16H19N3OS/c17-8-5-15-18-13-3-1-2-4-14(13)19(15)11-16(12-21)6-9-20-10-7-16/h1-4,21H,5-7,9-12H2. The first kappa shape index (κ1) is 14.4. The SMILES string of the molecule is N#CCc1nc2ccccc2n1CC1(CS)CCOCC1. The largest absolute Gasteiger partial charge is 0.381 e. The third kappa shape index (κ3) is 2.78. The molecule has 0 N–H and O–H groups in total. The Labute approximate surface area is 130 Å². The monoisotopic (exact) mass is 301 g/mol. The van der Waals surface area contributed by atoms with Gasteiger partial charge in [-0.3, -0.25) is 0 Å². The van der Waals surface area contributed by atoms with Gasteiger partial charge in [-0.2, -0.15) is 17.9 Å². The molecular formula is C16H19N3OS. The molecule has 1 aliphatic rings. The molecule has 1 aromatic carbocycles. The van der Waals surface area contributed by atoms with E-state index < -0.39 is 0 Å². The van der Waals surface area contributed by atoms with Gasteiger partial charge in [0, 0.05) is 25.2 Å². The topological polar surface area (TPSA) is 50.8 Å². The number of imidazole rings is 1. The molecule has 0 radical (unpaired) electrons. The van der Waals surface area contributed by atoms with Crippen molar-refractivity contribution in [1.82, 2.24) is 9.55 Å². The Morgan fingerprint density at radius 3 is 2.81 bits per heavy atom. The summed E-state index contributed by atoms with van der Waals surface area (Å²) < 4.78 is 7.71. The zero-order chi connectivity index (χ0) is 14.7. The average molecular weight is 301 g/mol. The van der Waals surface area contributed by atoms with Gasteiger partial charge in [0.25, 0.3) is 0 Å². The summed E-state index contributed by atoms with van der Waals surface area (Å²) in [6.45, 7) is 2.44. The van der Waals surface area contributed by atoms with Gasteiger partial charge in [0.15, 0.2) is 0 Å². The van der Waals surface area contributed by atoms with Crippen molar-refractivity contribution in [2.75, 3.05) is 19.0 Å². The van der Waals surface area contributed by atoms with E-state index in [1.807, 2.05) is 18.2 Å². The Kier molecular flexibility index (Phi) is 4.18. The molecule has 21 heavy (non-hydrogen) atoms. The molecule has 1 aromatic heterocycles. The summed E-state index contributed by atoms with van der Waals surface area (Å²) in [4.78, 5) is 4.62. The molecule has 2 aromatic rings. The van der Waals surface area contributed by atoms with E-state index in [-0.39, 0.29) is 5.41 Å². The zero-order valence-electron chi connectivity index (χ0n) is 12.0. The van der Waals surface area contributed by atoms with Gasteiger partial charge in [-0.25, -0.2) is 4.98 Å². The molecule has 0 atom stereocenters. The van der Waals surface area contributed by atoms with Crippen molar-refractivity contribution in [3.8, 4) is 6.07 Å². The fourth-order valence-corrected chi connectivity index (χ4v) is 3.43. The van der Waals surface area contributed by atoms with E-state index in [1.54, 1.807) is 0 Å². The number of nitrogens with zero attached hydrogens (tertiary/aromatic N) is 3. The van der Waals surface area contributed by atoms with Gasteiger partial charge in [-0.1, -0.05) is 12.1 Å². The molecule has 3 rings (SSSR count). The maximum atomic E-state index is 9.06. The summed E-state index contributed by atoms with van der Waals surface area (Å²) in [6, 6.07) is 10.3. The van der Waals surface area contributed by atoms with Crippen LogP contribution in [0.25, 0.3) is 11.0 Å². The molecule has 0 bridgehead atoms. The van der Waals surface area contributed by atoms with E-state index in [0.29, 0.717) is 6.42 Å². The molecule has 0 amide bonds. The van der Waals surface area contributed by atoms with Crippen LogP contribution in [0.5, 0.6) is 0 Å². The van der Waals surface area contributed by atoms with Crippen molar-refractivity contribution >= 4 is 23.7 Å². The summed E-state index contributed by atoms with van der Waals surface area (Å²) in [7, 11) is 0. The van der Waals surface area contributed by atoms with Crippen LogP contribution < -0.4 is 0 Å². The number of nitriles is 1. The Bertz CT molecular complexity index is 668. The first-order valence-corrected chi connectivity index (χ1v) is 7.91. The summed E-state index contributed by atoms with van der Waals surface area (Å²) >= 11 is 4.59. The van der Waals surface area contributed by atoms with Crippen molar-refractivity contribution < 1.29 is 4.74 Å². The van der Waals surface area contributed by atoms with Crippen LogP contribution >= 0.6 is 12.6 Å². The minimum Gasteiger partial charge on any atom is -0.381 e. The summed E-state index contributed by atoms with van der Waals surface area (Å²) in [5.41, 5.74) is 2.20. The summed E-state index contributed by atoms with van der Waals surface area (Å²) in [6.07, 6.45) is 2.36. The Morgan fingerprint density at radius 1 is 1.33 bits per heavy atom. The van der Waals surface area contributed by atoms with E-state index >= 15 is 0 Å². The average Bonchev–Trinajstić information content (AvgIpc) is 2.86. The molecule has 4 nitrogen and oxygen atoms in total. The fraction of sp³-hybridized carbons (Fsp3) is 0.500. The number of benzene rings is 1. The smallest absolute Gasteiger partial charge is 0.124 e. The van der Waals surface area contributed by atoms with Crippen LogP contribution in [0.2, 0.25) is 0 Å². The minimum absolute atomic E-state index is 0.134. The zero-order valence-corrected chi connectivity index (χ0v) is 12.9. The molecule has 110 valence electrons. The molecule has 1 fully saturated rings. The molecule has 1 aliphatic heterocycles. The molecule has 0 unspecified atom stereocenters. The lowest BCUT2D eigenvalue weighted by molar-refractivity contribution is 0.0184. The van der Waals surface area contributed by atoms with Crippen LogP contribution in [-0.2, 0) is 17.7 Å². The summed E-state index contributed by atoms with van der Waals surface area (Å²) in [5, 5.41) is 9.06. The molecular weight excluding hydrogens is 282 g/mol. The first-order valence-electron chi connectivity index (χ1n) is 7.28. The van der Waals surface area contributed by atoms with Crippen LogP contribution in [-0.4, -0.2) is 28.5 Å². The highest BCUT2D eigenvalue weighted by Crippen LogP contribution is 2.35. The predicted molar refractivity (Wildman–Crippen MR) is 85.4 cm³/mol. The number of aromatic nitrogens is 2. The Hall–Kier alpha value is -1.51. The maximum absolute atomic E-state index is 9.06. The number of hydrogen-bond acceptors (Lipinski definition) is 4. The Morgan fingerprint density at radius 2 is 2.10 bits per heavy atom. The first-order chi connectivity index (χ1) is 10.3. The van der Waals surface area contributed by atoms with Crippen LogP contribution in [0.15, 0.2) is 24.3 Å². The molecule has 1 saturated heterocycles. The molecule has 0 spiro atoms. The normalized spacial score (nSPS) is 17.7. The third-order valence-electron chi connectivity index (χ3n) is 4.35. The second-order valence-corrected chi connectivity index (χ2v) is 6.02. The number of hydrogen-bond donors (Lipinski definition) is 1. The van der Waals surface area contributed by atoms with Crippen molar-refractivity contribution in [2.45, 2.75) is 25.8 Å². The van der Waals surface area contributed by atoms with Gasteiger partial charge in [-0.05, 0) is 30.7 Å². The van der Waals surface area contributed by atoms with Crippen LogP contribution in [0.4, 0.5) is 0 Å². The number of fused-ring (bicyclic) bond motifs is 1. The fourth-order valence-electron chi connectivity index (χ4n) is 3.01. The van der Waals surface area contributed by atoms with Gasteiger partial charge in [0.05, 0.1) is 23.5 Å². The van der Waals surface area contributed by atoms with Gasteiger partial charge >= 0.3 is 0 Å². The lowest BCUT2D eigenvalue weighted by atomic mass is 9.82.